The van der Waals surface area contributed by atoms with Crippen LogP contribution in [0.3, 0.4) is 0 Å². The van der Waals surface area contributed by atoms with Gasteiger partial charge in [0.1, 0.15) is 0 Å². The zero-order valence-corrected chi connectivity index (χ0v) is 18.2. The Bertz CT molecular complexity index is 533. The number of hydrogen-bond acceptors (Lipinski definition) is 4. The minimum atomic E-state index is -0.451. The largest absolute Gasteiger partial charge is 1.00 e. The van der Waals surface area contributed by atoms with Crippen molar-refractivity contribution in [3.8, 4) is 0 Å². The topological polar surface area (TPSA) is 52.6 Å². The lowest BCUT2D eigenvalue weighted by atomic mass is 10.1. The summed E-state index contributed by atoms with van der Waals surface area (Å²) < 4.78 is 10.7. The highest BCUT2D eigenvalue weighted by Gasteiger charge is 2.18. The maximum atomic E-state index is 12.4. The first kappa shape index (κ1) is 24.2. The quantitative estimate of drug-likeness (QED) is 0.267. The number of esters is 2. The number of rotatable bonds is 14. The number of carbonyl (C=O) groups excluding carboxylic acids is 2. The fraction of sp³-hybridized carbons (Fsp3) is 0.667. The number of ether oxygens (including phenoxy) is 2. The molecule has 0 unspecified atom stereocenters. The molecule has 28 heavy (non-hydrogen) atoms. The smallest absolute Gasteiger partial charge is 0.462 e. The normalized spacial score (nSPS) is 11.1. The second-order valence-corrected chi connectivity index (χ2v) is 8.30. The lowest BCUT2D eigenvalue weighted by molar-refractivity contribution is 0.0450. The molecule has 0 N–H and O–H groups in total. The van der Waals surface area contributed by atoms with Crippen LogP contribution in [0.15, 0.2) is 24.3 Å². The highest BCUT2D eigenvalue weighted by Crippen LogP contribution is 2.14. The summed E-state index contributed by atoms with van der Waals surface area (Å²) in [6, 6.07) is 6.73. The van der Waals surface area contributed by atoms with Gasteiger partial charge in [0, 0.05) is 0 Å². The van der Waals surface area contributed by atoms with Gasteiger partial charge in [-0.15, -0.1) is 0 Å². The summed E-state index contributed by atoms with van der Waals surface area (Å²) in [4.78, 5) is 24.7. The summed E-state index contributed by atoms with van der Waals surface area (Å²) in [5, 5.41) is 0. The zero-order valence-electron chi connectivity index (χ0n) is 19.2. The van der Waals surface area contributed by atoms with Gasteiger partial charge < -0.3 is 9.47 Å². The molecule has 0 spiro atoms. The molecule has 0 heterocycles. The second-order valence-electron chi connectivity index (χ2n) is 8.30. The van der Waals surface area contributed by atoms with E-state index < -0.39 is 11.9 Å². The Morgan fingerprint density at radius 3 is 1.46 bits per heavy atom. The minimum Gasteiger partial charge on any atom is -0.462 e. The first-order valence-corrected chi connectivity index (χ1v) is 10.8. The second kappa shape index (κ2) is 14.2. The molecule has 1 rings (SSSR count). The highest BCUT2D eigenvalue weighted by atomic mass is 16.5. The summed E-state index contributed by atoms with van der Waals surface area (Å²) in [5.41, 5.74) is 0.573. The van der Waals surface area contributed by atoms with Gasteiger partial charge in [0.25, 0.3) is 0 Å². The summed E-state index contributed by atoms with van der Waals surface area (Å²) in [6.07, 6.45) is 8.48. The molecule has 1 aromatic carbocycles. The Kier molecular flexibility index (Phi) is 12.3. The minimum absolute atomic E-state index is 0. The first-order valence-electron chi connectivity index (χ1n) is 10.8. The third-order valence-electron chi connectivity index (χ3n) is 4.68. The molecular formula is C24H39O4+. The molecule has 0 saturated carbocycles. The molecule has 0 amide bonds. The van der Waals surface area contributed by atoms with E-state index in [9.17, 15) is 9.59 Å². The standard InChI is InChI=1S/C24H38O4/c1-19(2)13-7-5-11-17-27-23(25)21-15-9-10-16-22(21)24(26)28-18-12-6-8-14-20(3)4/h9-10,15-16,19-20H,5-8,11-14,17-18H2,1-4H3/p+1. The summed E-state index contributed by atoms with van der Waals surface area (Å²) in [5.74, 6) is 0.507. The van der Waals surface area contributed by atoms with E-state index in [1.165, 1.54) is 12.8 Å². The molecular weight excluding hydrogens is 352 g/mol. The SMILES string of the molecule is CC(C)CCCCCOC(=O)c1ccccc1C(=O)OCCCCCC(C)C.[H+]. The van der Waals surface area contributed by atoms with Gasteiger partial charge in [-0.1, -0.05) is 78.4 Å². The third kappa shape index (κ3) is 10.5. The van der Waals surface area contributed by atoms with Crippen molar-refractivity contribution in [1.29, 1.82) is 0 Å². The lowest BCUT2D eigenvalue weighted by Gasteiger charge is -2.10. The van der Waals surface area contributed by atoms with Crippen LogP contribution in [0.2, 0.25) is 0 Å². The molecule has 1 aromatic rings. The molecule has 0 aliphatic heterocycles. The van der Waals surface area contributed by atoms with Crippen LogP contribution in [0.25, 0.3) is 0 Å². The van der Waals surface area contributed by atoms with Gasteiger partial charge in [-0.05, 0) is 36.8 Å². The molecule has 0 fully saturated rings. The number of hydrogen-bond donors (Lipinski definition) is 0. The Morgan fingerprint density at radius 2 is 1.11 bits per heavy atom. The van der Waals surface area contributed by atoms with Gasteiger partial charge in [-0.2, -0.15) is 0 Å². The van der Waals surface area contributed by atoms with Gasteiger partial charge in [0.2, 0.25) is 0 Å². The Balaban J connectivity index is 0.00000784. The van der Waals surface area contributed by atoms with Gasteiger partial charge in [-0.25, -0.2) is 9.59 Å². The van der Waals surface area contributed by atoms with E-state index in [4.69, 9.17) is 9.47 Å². The highest BCUT2D eigenvalue weighted by molar-refractivity contribution is 6.03. The first-order chi connectivity index (χ1) is 13.4. The van der Waals surface area contributed by atoms with E-state index in [-0.39, 0.29) is 12.6 Å². The van der Waals surface area contributed by atoms with Gasteiger partial charge in [0.15, 0.2) is 0 Å². The van der Waals surface area contributed by atoms with E-state index >= 15 is 0 Å². The van der Waals surface area contributed by atoms with Crippen LogP contribution in [-0.2, 0) is 9.47 Å². The van der Waals surface area contributed by atoms with Crippen LogP contribution >= 0.6 is 0 Å². The average molecular weight is 392 g/mol. The molecule has 0 aliphatic carbocycles. The van der Waals surface area contributed by atoms with Crippen molar-refractivity contribution in [3.63, 3.8) is 0 Å². The van der Waals surface area contributed by atoms with Crippen LogP contribution < -0.4 is 0 Å². The van der Waals surface area contributed by atoms with Crippen molar-refractivity contribution >= 4 is 11.9 Å². The zero-order chi connectivity index (χ0) is 20.8. The van der Waals surface area contributed by atoms with Crippen LogP contribution in [0, 0.1) is 11.8 Å². The van der Waals surface area contributed by atoms with E-state index in [2.05, 4.69) is 27.7 Å². The third-order valence-corrected chi connectivity index (χ3v) is 4.68. The van der Waals surface area contributed by atoms with Gasteiger partial charge in [0.05, 0.1) is 24.3 Å². The fourth-order valence-corrected chi connectivity index (χ4v) is 2.99. The molecule has 0 aliphatic rings. The molecule has 4 nitrogen and oxygen atoms in total. The summed E-state index contributed by atoms with van der Waals surface area (Å²) in [6.45, 7) is 9.61. The average Bonchev–Trinajstić information content (AvgIpc) is 2.66. The fourth-order valence-electron chi connectivity index (χ4n) is 2.99. The van der Waals surface area contributed by atoms with Gasteiger partial charge >= 0.3 is 13.4 Å². The molecule has 0 saturated heterocycles. The summed E-state index contributed by atoms with van der Waals surface area (Å²) >= 11 is 0. The molecule has 158 valence electrons. The van der Waals surface area contributed by atoms with Crippen molar-refractivity contribution in [3.05, 3.63) is 35.4 Å². The number of carbonyl (C=O) groups is 2. The van der Waals surface area contributed by atoms with Crippen molar-refractivity contribution in [2.24, 2.45) is 11.8 Å². The van der Waals surface area contributed by atoms with E-state index in [1.807, 2.05) is 0 Å². The van der Waals surface area contributed by atoms with Crippen LogP contribution in [-0.4, -0.2) is 25.2 Å². The van der Waals surface area contributed by atoms with Gasteiger partial charge in [-0.3, -0.25) is 0 Å². The maximum absolute atomic E-state index is 12.4. The Labute approximate surface area is 172 Å². The van der Waals surface area contributed by atoms with Crippen LogP contribution in [0.1, 0.15) is 101 Å². The predicted octanol–water partition coefficient (Wildman–Crippen LogP) is 6.55. The van der Waals surface area contributed by atoms with Crippen LogP contribution in [0.4, 0.5) is 0 Å². The van der Waals surface area contributed by atoms with E-state index in [0.29, 0.717) is 25.0 Å². The van der Waals surface area contributed by atoms with Crippen molar-refractivity contribution in [2.75, 3.05) is 13.2 Å². The Hall–Kier alpha value is -1.84. The molecule has 4 heteroatoms. The monoisotopic (exact) mass is 391 g/mol. The molecule has 0 radical (unpaired) electrons. The van der Waals surface area contributed by atoms with Crippen molar-refractivity contribution < 1.29 is 20.5 Å². The summed E-state index contributed by atoms with van der Waals surface area (Å²) in [7, 11) is 0. The Morgan fingerprint density at radius 1 is 0.714 bits per heavy atom. The molecule has 0 atom stereocenters. The van der Waals surface area contributed by atoms with E-state index in [0.717, 1.165) is 38.5 Å². The maximum Gasteiger partial charge on any atom is 1.00 e. The lowest BCUT2D eigenvalue weighted by Crippen LogP contribution is -2.15. The predicted molar refractivity (Wildman–Crippen MR) is 115 cm³/mol. The van der Waals surface area contributed by atoms with Crippen molar-refractivity contribution in [2.45, 2.75) is 79.1 Å². The van der Waals surface area contributed by atoms with Crippen molar-refractivity contribution in [1.82, 2.24) is 0 Å². The van der Waals surface area contributed by atoms with E-state index in [1.54, 1.807) is 24.3 Å². The number of benzene rings is 1. The molecule has 0 aromatic heterocycles. The number of unbranched alkanes of at least 4 members (excludes halogenated alkanes) is 4. The van der Waals surface area contributed by atoms with Crippen LogP contribution in [0.5, 0.6) is 0 Å². The molecule has 0 bridgehead atoms.